The van der Waals surface area contributed by atoms with Gasteiger partial charge >= 0.3 is 0 Å². The summed E-state index contributed by atoms with van der Waals surface area (Å²) in [5, 5.41) is 0. The first-order chi connectivity index (χ1) is 8.84. The number of nitrogens with two attached hydrogens (primary N) is 1. The van der Waals surface area contributed by atoms with Crippen molar-refractivity contribution in [1.82, 2.24) is 4.31 Å². The highest BCUT2D eigenvalue weighted by molar-refractivity contribution is 7.89. The third-order valence-electron chi connectivity index (χ3n) is 3.06. The Bertz CT molecular complexity index is 577. The zero-order valence-electron chi connectivity index (χ0n) is 11.6. The largest absolute Gasteiger partial charge is 0.398 e. The molecule has 0 fully saturated rings. The summed E-state index contributed by atoms with van der Waals surface area (Å²) in [5.74, 6) is 2.38. The second-order valence-electron chi connectivity index (χ2n) is 4.50. The maximum Gasteiger partial charge on any atom is 0.244 e. The van der Waals surface area contributed by atoms with Crippen LogP contribution >= 0.6 is 0 Å². The van der Waals surface area contributed by atoms with E-state index in [1.807, 2.05) is 20.8 Å². The molecule has 0 spiro atoms. The van der Waals surface area contributed by atoms with Crippen LogP contribution in [-0.2, 0) is 10.0 Å². The summed E-state index contributed by atoms with van der Waals surface area (Å²) in [6.07, 6.45) is 5.95. The molecule has 2 N–H and O–H groups in total. The molecule has 0 heterocycles. The molecule has 104 valence electrons. The lowest BCUT2D eigenvalue weighted by Crippen LogP contribution is -2.32. The smallest absolute Gasteiger partial charge is 0.244 e. The molecular weight excluding hydrogens is 260 g/mol. The average molecular weight is 280 g/mol. The monoisotopic (exact) mass is 280 g/mol. The van der Waals surface area contributed by atoms with Crippen LogP contribution in [0.5, 0.6) is 0 Å². The fraction of sp³-hybridized carbons (Fsp3) is 0.429. The Morgan fingerprint density at radius 1 is 1.37 bits per heavy atom. The van der Waals surface area contributed by atoms with Crippen LogP contribution in [0.4, 0.5) is 5.69 Å². The molecule has 0 radical (unpaired) electrons. The highest BCUT2D eigenvalue weighted by atomic mass is 32.2. The lowest BCUT2D eigenvalue weighted by Gasteiger charge is -2.20. The maximum absolute atomic E-state index is 12.5. The van der Waals surface area contributed by atoms with E-state index in [0.29, 0.717) is 18.7 Å². The molecule has 0 aliphatic heterocycles. The molecule has 1 aromatic rings. The molecule has 19 heavy (non-hydrogen) atoms. The van der Waals surface area contributed by atoms with Crippen LogP contribution in [0.3, 0.4) is 0 Å². The molecule has 4 nitrogen and oxygen atoms in total. The Labute approximate surface area is 115 Å². The van der Waals surface area contributed by atoms with Crippen molar-refractivity contribution in [3.8, 4) is 12.3 Å². The van der Waals surface area contributed by atoms with Crippen LogP contribution in [0.15, 0.2) is 17.0 Å². The molecule has 0 aliphatic rings. The van der Waals surface area contributed by atoms with Gasteiger partial charge in [0.2, 0.25) is 10.0 Å². The average Bonchev–Trinajstić information content (AvgIpc) is 2.35. The van der Waals surface area contributed by atoms with E-state index in [-0.39, 0.29) is 11.4 Å². The molecule has 0 amide bonds. The van der Waals surface area contributed by atoms with E-state index >= 15 is 0 Å². The fourth-order valence-electron chi connectivity index (χ4n) is 1.79. The summed E-state index contributed by atoms with van der Waals surface area (Å²) < 4.78 is 26.3. The number of sulfonamides is 1. The zero-order chi connectivity index (χ0) is 14.6. The molecule has 5 heteroatoms. The van der Waals surface area contributed by atoms with Crippen molar-refractivity contribution < 1.29 is 8.42 Å². The number of hydrogen-bond acceptors (Lipinski definition) is 3. The van der Waals surface area contributed by atoms with E-state index in [2.05, 4.69) is 5.92 Å². The van der Waals surface area contributed by atoms with E-state index < -0.39 is 10.0 Å². The molecule has 0 unspecified atom stereocenters. The number of benzene rings is 1. The first-order valence-electron chi connectivity index (χ1n) is 6.15. The van der Waals surface area contributed by atoms with Crippen LogP contribution in [-0.4, -0.2) is 25.8 Å². The van der Waals surface area contributed by atoms with Crippen molar-refractivity contribution in [3.63, 3.8) is 0 Å². The topological polar surface area (TPSA) is 63.4 Å². The first kappa shape index (κ1) is 15.5. The van der Waals surface area contributed by atoms with Gasteiger partial charge in [-0.15, -0.1) is 6.42 Å². The van der Waals surface area contributed by atoms with E-state index in [4.69, 9.17) is 12.2 Å². The van der Waals surface area contributed by atoms with Gasteiger partial charge in [0.05, 0.1) is 11.4 Å². The second-order valence-corrected chi connectivity index (χ2v) is 6.44. The minimum atomic E-state index is -3.58. The predicted octanol–water partition coefficient (Wildman–Crippen LogP) is 1.92. The molecule has 1 rings (SSSR count). The van der Waals surface area contributed by atoms with Gasteiger partial charge in [-0.1, -0.05) is 12.8 Å². The minimum absolute atomic E-state index is 0.0724. The maximum atomic E-state index is 12.5. The molecular formula is C14H20N2O2S. The lowest BCUT2D eigenvalue weighted by molar-refractivity contribution is 0.445. The van der Waals surface area contributed by atoms with Crippen LogP contribution < -0.4 is 5.73 Å². The number of aryl methyl sites for hydroxylation is 1. The Balaban J connectivity index is 3.30. The standard InChI is InChI=1S/C14H20N2O2S/c1-5-7-16(8-6-2)19(17,18)13-9-11(3)12(4)14(15)10-13/h1,9-10H,6-8,15H2,2-4H3. The van der Waals surface area contributed by atoms with Gasteiger partial charge in [0, 0.05) is 12.2 Å². The quantitative estimate of drug-likeness (QED) is 0.662. The summed E-state index contributed by atoms with van der Waals surface area (Å²) >= 11 is 0. The number of nitrogens with zero attached hydrogens (tertiary/aromatic N) is 1. The Morgan fingerprint density at radius 2 is 2.00 bits per heavy atom. The van der Waals surface area contributed by atoms with Crippen molar-refractivity contribution in [2.24, 2.45) is 0 Å². The van der Waals surface area contributed by atoms with E-state index in [1.165, 1.54) is 10.4 Å². The molecule has 1 aromatic carbocycles. The Hall–Kier alpha value is -1.51. The highest BCUT2D eigenvalue weighted by Crippen LogP contribution is 2.24. The van der Waals surface area contributed by atoms with Crippen molar-refractivity contribution in [3.05, 3.63) is 23.3 Å². The number of hydrogen-bond donors (Lipinski definition) is 1. The summed E-state index contributed by atoms with van der Waals surface area (Å²) in [6, 6.07) is 3.14. The fourth-order valence-corrected chi connectivity index (χ4v) is 3.35. The van der Waals surface area contributed by atoms with Crippen molar-refractivity contribution >= 4 is 15.7 Å². The number of terminal acetylenes is 1. The van der Waals surface area contributed by atoms with Gasteiger partial charge in [-0.3, -0.25) is 0 Å². The van der Waals surface area contributed by atoms with Crippen molar-refractivity contribution in [2.75, 3.05) is 18.8 Å². The number of anilines is 1. The van der Waals surface area contributed by atoms with Crippen molar-refractivity contribution in [1.29, 1.82) is 0 Å². The van der Waals surface area contributed by atoms with Crippen LogP contribution in [0.25, 0.3) is 0 Å². The van der Waals surface area contributed by atoms with E-state index in [1.54, 1.807) is 6.07 Å². The Kier molecular flexibility index (Phi) is 4.98. The number of nitrogen functional groups attached to an aromatic ring is 1. The van der Waals surface area contributed by atoms with Gasteiger partial charge in [-0.05, 0) is 43.5 Å². The third-order valence-corrected chi connectivity index (χ3v) is 4.88. The highest BCUT2D eigenvalue weighted by Gasteiger charge is 2.24. The summed E-state index contributed by atoms with van der Waals surface area (Å²) in [4.78, 5) is 0.205. The number of rotatable bonds is 5. The van der Waals surface area contributed by atoms with E-state index in [9.17, 15) is 8.42 Å². The SMILES string of the molecule is C#CCN(CCC)S(=O)(=O)c1cc(C)c(C)c(N)c1. The molecule has 0 aromatic heterocycles. The van der Waals surface area contributed by atoms with Crippen LogP contribution in [0.1, 0.15) is 24.5 Å². The van der Waals surface area contributed by atoms with Crippen LogP contribution in [0, 0.1) is 26.2 Å². The van der Waals surface area contributed by atoms with Gasteiger partial charge in [-0.2, -0.15) is 4.31 Å². The molecule has 0 saturated carbocycles. The Morgan fingerprint density at radius 3 is 2.47 bits per heavy atom. The van der Waals surface area contributed by atoms with Gasteiger partial charge in [-0.25, -0.2) is 8.42 Å². The first-order valence-corrected chi connectivity index (χ1v) is 7.59. The van der Waals surface area contributed by atoms with E-state index in [0.717, 1.165) is 11.1 Å². The van der Waals surface area contributed by atoms with Crippen molar-refractivity contribution in [2.45, 2.75) is 32.1 Å². The summed E-state index contributed by atoms with van der Waals surface area (Å²) in [6.45, 7) is 6.10. The zero-order valence-corrected chi connectivity index (χ0v) is 12.4. The predicted molar refractivity (Wildman–Crippen MR) is 78.2 cm³/mol. The normalized spacial score (nSPS) is 11.5. The van der Waals surface area contributed by atoms with Gasteiger partial charge < -0.3 is 5.73 Å². The second kappa shape index (κ2) is 6.09. The van der Waals surface area contributed by atoms with Gasteiger partial charge in [0.1, 0.15) is 0 Å². The molecule has 0 bridgehead atoms. The molecule has 0 saturated heterocycles. The molecule has 0 aliphatic carbocycles. The molecule has 0 atom stereocenters. The van der Waals surface area contributed by atoms with Gasteiger partial charge in [0.25, 0.3) is 0 Å². The van der Waals surface area contributed by atoms with Gasteiger partial charge in [0.15, 0.2) is 0 Å². The minimum Gasteiger partial charge on any atom is -0.398 e. The summed E-state index contributed by atoms with van der Waals surface area (Å²) in [7, 11) is -3.58. The third kappa shape index (κ3) is 3.28. The lowest BCUT2D eigenvalue weighted by atomic mass is 10.1. The van der Waals surface area contributed by atoms with Crippen LogP contribution in [0.2, 0.25) is 0 Å². The summed E-state index contributed by atoms with van der Waals surface area (Å²) in [5.41, 5.74) is 8.08.